The van der Waals surface area contributed by atoms with Gasteiger partial charge in [-0.25, -0.2) is 4.98 Å². The predicted molar refractivity (Wildman–Crippen MR) is 38.6 cm³/mol. The highest BCUT2D eigenvalue weighted by atomic mass is 16.5. The van der Waals surface area contributed by atoms with Crippen LogP contribution in [0.2, 0.25) is 0 Å². The molecule has 3 heteroatoms. The van der Waals surface area contributed by atoms with Crippen molar-refractivity contribution >= 4 is 0 Å². The lowest BCUT2D eigenvalue weighted by atomic mass is 10.5. The van der Waals surface area contributed by atoms with Gasteiger partial charge < -0.3 is 9.30 Å². The van der Waals surface area contributed by atoms with E-state index in [0.717, 1.165) is 12.2 Å². The number of imidazole rings is 1. The van der Waals surface area contributed by atoms with Crippen LogP contribution in [0, 0.1) is 0 Å². The number of methoxy groups -OCH3 is 1. The highest BCUT2D eigenvalue weighted by Crippen LogP contribution is 1.99. The Labute approximate surface area is 60.6 Å². The highest BCUT2D eigenvalue weighted by molar-refractivity contribution is 4.95. The first-order valence-corrected chi connectivity index (χ1v) is 3.36. The highest BCUT2D eigenvalue weighted by Gasteiger charge is 1.96. The number of aryl methyl sites for hydroxylation is 1. The van der Waals surface area contributed by atoms with E-state index in [4.69, 9.17) is 4.74 Å². The summed E-state index contributed by atoms with van der Waals surface area (Å²) in [6, 6.07) is 0. The van der Waals surface area contributed by atoms with Crippen molar-refractivity contribution in [3.63, 3.8) is 0 Å². The Bertz CT molecular complexity index is 195. The van der Waals surface area contributed by atoms with Gasteiger partial charge in [0.2, 0.25) is 0 Å². The lowest BCUT2D eigenvalue weighted by Gasteiger charge is -2.01. The van der Waals surface area contributed by atoms with Gasteiger partial charge in [0, 0.05) is 13.7 Å². The summed E-state index contributed by atoms with van der Waals surface area (Å²) in [5.74, 6) is 0. The molecule has 56 valence electrons. The number of nitrogens with zero attached hydrogens (tertiary/aromatic N) is 2. The standard InChI is InChI=1S/C7H12N2O/c1-3-9-6-8-4-7(9)5-10-2/h4,6H,3,5H2,1-2H3. The first-order valence-electron chi connectivity index (χ1n) is 3.36. The molecule has 0 radical (unpaired) electrons. The van der Waals surface area contributed by atoms with Gasteiger partial charge in [-0.2, -0.15) is 0 Å². The van der Waals surface area contributed by atoms with Gasteiger partial charge in [0.15, 0.2) is 0 Å². The van der Waals surface area contributed by atoms with Crippen molar-refractivity contribution in [1.82, 2.24) is 9.55 Å². The third-order valence-electron chi connectivity index (χ3n) is 1.43. The maximum Gasteiger partial charge on any atom is 0.0948 e. The van der Waals surface area contributed by atoms with Crippen LogP contribution in [0.1, 0.15) is 12.6 Å². The van der Waals surface area contributed by atoms with Gasteiger partial charge in [-0.15, -0.1) is 0 Å². The number of hydrogen-bond donors (Lipinski definition) is 0. The summed E-state index contributed by atoms with van der Waals surface area (Å²) < 4.78 is 7.03. The van der Waals surface area contributed by atoms with Gasteiger partial charge in [-0.1, -0.05) is 0 Å². The Morgan fingerprint density at radius 2 is 2.50 bits per heavy atom. The molecule has 0 bridgehead atoms. The zero-order valence-corrected chi connectivity index (χ0v) is 6.37. The van der Waals surface area contributed by atoms with Crippen molar-refractivity contribution in [3.8, 4) is 0 Å². The van der Waals surface area contributed by atoms with Crippen LogP contribution in [-0.4, -0.2) is 16.7 Å². The minimum Gasteiger partial charge on any atom is -0.378 e. The van der Waals surface area contributed by atoms with Gasteiger partial charge >= 0.3 is 0 Å². The zero-order chi connectivity index (χ0) is 7.40. The zero-order valence-electron chi connectivity index (χ0n) is 6.37. The maximum absolute atomic E-state index is 4.97. The second-order valence-corrected chi connectivity index (χ2v) is 2.10. The van der Waals surface area contributed by atoms with Gasteiger partial charge in [0.25, 0.3) is 0 Å². The minimum absolute atomic E-state index is 0.647. The molecule has 1 rings (SSSR count). The summed E-state index contributed by atoms with van der Waals surface area (Å²) in [6.45, 7) is 3.69. The topological polar surface area (TPSA) is 27.1 Å². The largest absolute Gasteiger partial charge is 0.378 e. The summed E-state index contributed by atoms with van der Waals surface area (Å²) in [5.41, 5.74) is 1.13. The lowest BCUT2D eigenvalue weighted by molar-refractivity contribution is 0.178. The molecule has 10 heavy (non-hydrogen) atoms. The predicted octanol–water partition coefficient (Wildman–Crippen LogP) is 1.05. The van der Waals surface area contributed by atoms with E-state index in [1.807, 2.05) is 12.5 Å². The van der Waals surface area contributed by atoms with Crippen molar-refractivity contribution in [1.29, 1.82) is 0 Å². The van der Waals surface area contributed by atoms with Crippen LogP contribution in [-0.2, 0) is 17.9 Å². The second kappa shape index (κ2) is 3.37. The molecule has 1 aromatic heterocycles. The number of rotatable bonds is 3. The summed E-state index contributed by atoms with van der Waals surface area (Å²) in [7, 11) is 1.69. The molecule has 0 unspecified atom stereocenters. The molecular formula is C7H12N2O. The van der Waals surface area contributed by atoms with E-state index in [0.29, 0.717) is 6.61 Å². The third-order valence-corrected chi connectivity index (χ3v) is 1.43. The number of hydrogen-bond acceptors (Lipinski definition) is 2. The average molecular weight is 140 g/mol. The van der Waals surface area contributed by atoms with E-state index >= 15 is 0 Å². The summed E-state index contributed by atoms with van der Waals surface area (Å²) in [5, 5.41) is 0. The molecule has 1 heterocycles. The van der Waals surface area contributed by atoms with Crippen LogP contribution >= 0.6 is 0 Å². The Balaban J connectivity index is 2.70. The van der Waals surface area contributed by atoms with Crippen molar-refractivity contribution < 1.29 is 4.74 Å². The first-order chi connectivity index (χ1) is 4.88. The van der Waals surface area contributed by atoms with Crippen molar-refractivity contribution in [3.05, 3.63) is 18.2 Å². The molecule has 0 aromatic carbocycles. The normalized spacial score (nSPS) is 10.2. The van der Waals surface area contributed by atoms with Crippen molar-refractivity contribution in [2.24, 2.45) is 0 Å². The monoisotopic (exact) mass is 140 g/mol. The van der Waals surface area contributed by atoms with Crippen LogP contribution in [0.15, 0.2) is 12.5 Å². The molecule has 0 saturated heterocycles. The Morgan fingerprint density at radius 3 is 3.10 bits per heavy atom. The molecule has 3 nitrogen and oxygen atoms in total. The smallest absolute Gasteiger partial charge is 0.0948 e. The molecule has 0 spiro atoms. The Kier molecular flexibility index (Phi) is 2.45. The fourth-order valence-corrected chi connectivity index (χ4v) is 0.901. The molecule has 0 aliphatic heterocycles. The van der Waals surface area contributed by atoms with Gasteiger partial charge in [-0.3, -0.25) is 0 Å². The van der Waals surface area contributed by atoms with E-state index in [1.165, 1.54) is 0 Å². The molecule has 0 amide bonds. The SMILES string of the molecule is CCn1cncc1COC. The van der Waals surface area contributed by atoms with Crippen LogP contribution in [0.5, 0.6) is 0 Å². The van der Waals surface area contributed by atoms with Crippen LogP contribution < -0.4 is 0 Å². The third kappa shape index (κ3) is 1.36. The molecule has 1 aromatic rings. The van der Waals surface area contributed by atoms with E-state index in [9.17, 15) is 0 Å². The van der Waals surface area contributed by atoms with Crippen molar-refractivity contribution in [2.75, 3.05) is 7.11 Å². The molecule has 0 saturated carbocycles. The fraction of sp³-hybridized carbons (Fsp3) is 0.571. The Hall–Kier alpha value is -0.830. The summed E-state index contributed by atoms with van der Waals surface area (Å²) in [6.07, 6.45) is 3.64. The first kappa shape index (κ1) is 7.28. The Morgan fingerprint density at radius 1 is 1.70 bits per heavy atom. The van der Waals surface area contributed by atoms with E-state index < -0.39 is 0 Å². The van der Waals surface area contributed by atoms with E-state index in [2.05, 4.69) is 16.5 Å². The molecular weight excluding hydrogens is 128 g/mol. The lowest BCUT2D eigenvalue weighted by Crippen LogP contribution is -1.99. The van der Waals surface area contributed by atoms with Gasteiger partial charge in [0.05, 0.1) is 24.8 Å². The quantitative estimate of drug-likeness (QED) is 0.627. The molecule has 0 fully saturated rings. The number of ether oxygens (including phenoxy) is 1. The second-order valence-electron chi connectivity index (χ2n) is 2.10. The van der Waals surface area contributed by atoms with E-state index in [1.54, 1.807) is 7.11 Å². The number of aromatic nitrogens is 2. The van der Waals surface area contributed by atoms with Crippen LogP contribution in [0.4, 0.5) is 0 Å². The summed E-state index contributed by atoms with van der Waals surface area (Å²) >= 11 is 0. The minimum atomic E-state index is 0.647. The van der Waals surface area contributed by atoms with Crippen LogP contribution in [0.3, 0.4) is 0 Å². The average Bonchev–Trinajstić information content (AvgIpc) is 2.36. The van der Waals surface area contributed by atoms with Crippen LogP contribution in [0.25, 0.3) is 0 Å². The van der Waals surface area contributed by atoms with Gasteiger partial charge in [0.1, 0.15) is 0 Å². The molecule has 0 atom stereocenters. The molecule has 0 N–H and O–H groups in total. The van der Waals surface area contributed by atoms with Crippen molar-refractivity contribution in [2.45, 2.75) is 20.1 Å². The fourth-order valence-electron chi connectivity index (χ4n) is 0.901. The van der Waals surface area contributed by atoms with E-state index in [-0.39, 0.29) is 0 Å². The molecule has 0 aliphatic rings. The maximum atomic E-state index is 4.97. The van der Waals surface area contributed by atoms with Gasteiger partial charge in [-0.05, 0) is 6.92 Å². The summed E-state index contributed by atoms with van der Waals surface area (Å²) in [4.78, 5) is 3.99. The molecule has 0 aliphatic carbocycles.